The molecular formula is C20H21N3O4S. The number of nitrogens with zero attached hydrogens (tertiary/aromatic N) is 3. The van der Waals surface area contributed by atoms with Gasteiger partial charge in [-0.25, -0.2) is 21.9 Å². The molecule has 0 amide bonds. The third-order valence-corrected chi connectivity index (χ3v) is 5.90. The minimum Gasteiger partial charge on any atom is -0.478 e. The highest BCUT2D eigenvalue weighted by Gasteiger charge is 2.20. The van der Waals surface area contributed by atoms with Crippen molar-refractivity contribution in [3.8, 4) is 5.69 Å². The number of benzene rings is 1. The average Bonchev–Trinajstić information content (AvgIpc) is 3.32. The van der Waals surface area contributed by atoms with Crippen molar-refractivity contribution in [2.75, 3.05) is 0 Å². The van der Waals surface area contributed by atoms with Crippen molar-refractivity contribution in [1.82, 2.24) is 13.8 Å². The number of carboxylic acid groups (broad SMARTS) is 1. The molecule has 0 spiro atoms. The lowest BCUT2D eigenvalue weighted by molar-refractivity contribution is -0.131. The molecule has 3 aromatic rings. The van der Waals surface area contributed by atoms with Gasteiger partial charge in [0.1, 0.15) is 0 Å². The second-order valence-electron chi connectivity index (χ2n) is 7.14. The van der Waals surface area contributed by atoms with Gasteiger partial charge in [-0.15, -0.1) is 0 Å². The third-order valence-electron chi connectivity index (χ3n) is 4.25. The van der Waals surface area contributed by atoms with E-state index in [1.807, 2.05) is 13.8 Å². The van der Waals surface area contributed by atoms with Crippen LogP contribution in [-0.2, 0) is 21.2 Å². The van der Waals surface area contributed by atoms with E-state index in [4.69, 9.17) is 5.11 Å². The highest BCUT2D eigenvalue weighted by Crippen LogP contribution is 2.25. The summed E-state index contributed by atoms with van der Waals surface area (Å²) in [6.45, 7) is 3.79. The molecule has 2 aromatic heterocycles. The van der Waals surface area contributed by atoms with E-state index in [9.17, 15) is 13.2 Å². The Kier molecular flexibility index (Phi) is 5.24. The Bertz CT molecular complexity index is 1090. The summed E-state index contributed by atoms with van der Waals surface area (Å²) in [4.78, 5) is 10.9. The Morgan fingerprint density at radius 2 is 1.89 bits per heavy atom. The topological polar surface area (TPSA) is 94.2 Å². The van der Waals surface area contributed by atoms with Gasteiger partial charge in [0.25, 0.3) is 10.0 Å². The second kappa shape index (κ2) is 7.47. The number of hydrogen-bond acceptors (Lipinski definition) is 4. The fourth-order valence-corrected chi connectivity index (χ4v) is 4.09. The molecule has 0 saturated heterocycles. The summed E-state index contributed by atoms with van der Waals surface area (Å²) in [7, 11) is -3.71. The smallest absolute Gasteiger partial charge is 0.327 e. The molecular weight excluding hydrogens is 378 g/mol. The van der Waals surface area contributed by atoms with Gasteiger partial charge in [0.2, 0.25) is 0 Å². The first kappa shape index (κ1) is 19.6. The maximum atomic E-state index is 12.9. The van der Waals surface area contributed by atoms with Crippen LogP contribution in [0.5, 0.6) is 0 Å². The van der Waals surface area contributed by atoms with Crippen LogP contribution in [0.1, 0.15) is 19.4 Å². The van der Waals surface area contributed by atoms with Gasteiger partial charge >= 0.3 is 5.97 Å². The first-order valence-corrected chi connectivity index (χ1v) is 10.1. The molecule has 0 radical (unpaired) electrons. The summed E-state index contributed by atoms with van der Waals surface area (Å²) in [5, 5.41) is 12.9. The van der Waals surface area contributed by atoms with E-state index in [2.05, 4.69) is 5.10 Å². The van der Waals surface area contributed by atoms with E-state index in [0.717, 1.165) is 17.3 Å². The summed E-state index contributed by atoms with van der Waals surface area (Å²) in [5.74, 6) is -1.01. The number of aromatic nitrogens is 3. The van der Waals surface area contributed by atoms with Gasteiger partial charge in [-0.3, -0.25) is 0 Å². The molecule has 0 bridgehead atoms. The predicted molar refractivity (Wildman–Crippen MR) is 105 cm³/mol. The van der Waals surface area contributed by atoms with Crippen LogP contribution < -0.4 is 0 Å². The SMILES string of the molecule is CC(C)(/C=C/C(=O)O)Cc1ccn(S(=O)(=O)c2ccc(-n3cccn3)cc2)c1. The van der Waals surface area contributed by atoms with Crippen LogP contribution in [0.25, 0.3) is 5.69 Å². The van der Waals surface area contributed by atoms with Gasteiger partial charge < -0.3 is 5.11 Å². The predicted octanol–water partition coefficient (Wildman–Crippen LogP) is 3.12. The maximum Gasteiger partial charge on any atom is 0.327 e. The van der Waals surface area contributed by atoms with Crippen molar-refractivity contribution in [2.45, 2.75) is 25.2 Å². The molecule has 0 aliphatic heterocycles. The van der Waals surface area contributed by atoms with Gasteiger partial charge in [0.15, 0.2) is 0 Å². The van der Waals surface area contributed by atoms with E-state index >= 15 is 0 Å². The van der Waals surface area contributed by atoms with Gasteiger partial charge in [-0.05, 0) is 53.8 Å². The highest BCUT2D eigenvalue weighted by molar-refractivity contribution is 7.90. The molecule has 8 heteroatoms. The zero-order valence-electron chi connectivity index (χ0n) is 15.6. The molecule has 1 aromatic carbocycles. The van der Waals surface area contributed by atoms with Crippen molar-refractivity contribution in [3.05, 3.63) is 78.9 Å². The lowest BCUT2D eigenvalue weighted by atomic mass is 9.86. The standard InChI is InChI=1S/C20H21N3O4S/c1-20(2,10-8-19(24)25)14-16-9-13-22(15-16)28(26,27)18-6-4-17(5-7-18)23-12-3-11-21-23/h3-13,15H,14H2,1-2H3,(H,24,25)/b10-8+. The van der Waals surface area contributed by atoms with Crippen LogP contribution in [0.15, 0.2) is 78.2 Å². The van der Waals surface area contributed by atoms with E-state index in [0.29, 0.717) is 6.42 Å². The third kappa shape index (κ3) is 4.40. The fraction of sp³-hybridized carbons (Fsp3) is 0.200. The van der Waals surface area contributed by atoms with Crippen LogP contribution in [0.2, 0.25) is 0 Å². The molecule has 0 saturated carbocycles. The Morgan fingerprint density at radius 1 is 1.18 bits per heavy atom. The molecule has 3 rings (SSSR count). The summed E-state index contributed by atoms with van der Waals surface area (Å²) in [6, 6.07) is 10.0. The molecule has 28 heavy (non-hydrogen) atoms. The van der Waals surface area contributed by atoms with Crippen LogP contribution >= 0.6 is 0 Å². The van der Waals surface area contributed by atoms with Crippen molar-refractivity contribution in [3.63, 3.8) is 0 Å². The number of aliphatic carboxylic acids is 1. The minimum atomic E-state index is -3.71. The summed E-state index contributed by atoms with van der Waals surface area (Å²) in [5.41, 5.74) is 1.15. The molecule has 0 unspecified atom stereocenters. The molecule has 1 N–H and O–H groups in total. The molecule has 0 aliphatic carbocycles. The number of carbonyl (C=O) groups is 1. The normalized spacial score (nSPS) is 12.5. The molecule has 0 atom stereocenters. The van der Waals surface area contributed by atoms with Crippen LogP contribution in [0, 0.1) is 5.41 Å². The summed E-state index contributed by atoms with van der Waals surface area (Å²) >= 11 is 0. The highest BCUT2D eigenvalue weighted by atomic mass is 32.2. The van der Waals surface area contributed by atoms with Crippen molar-refractivity contribution >= 4 is 16.0 Å². The maximum absolute atomic E-state index is 12.9. The van der Waals surface area contributed by atoms with Gasteiger partial charge in [0, 0.05) is 30.9 Å². The minimum absolute atomic E-state index is 0.176. The van der Waals surface area contributed by atoms with E-state index in [-0.39, 0.29) is 4.90 Å². The number of hydrogen-bond donors (Lipinski definition) is 1. The molecule has 146 valence electrons. The lowest BCUT2D eigenvalue weighted by Crippen LogP contribution is -2.13. The summed E-state index contributed by atoms with van der Waals surface area (Å²) < 4.78 is 28.6. The average molecular weight is 399 g/mol. The zero-order chi connectivity index (χ0) is 20.4. The van der Waals surface area contributed by atoms with E-state index in [1.165, 1.54) is 10.2 Å². The van der Waals surface area contributed by atoms with Gasteiger partial charge in [-0.1, -0.05) is 19.9 Å². The van der Waals surface area contributed by atoms with Crippen molar-refractivity contribution < 1.29 is 18.3 Å². The van der Waals surface area contributed by atoms with Crippen LogP contribution in [0.4, 0.5) is 0 Å². The second-order valence-corrected chi connectivity index (χ2v) is 8.98. The first-order valence-electron chi connectivity index (χ1n) is 8.62. The first-order chi connectivity index (χ1) is 13.2. The van der Waals surface area contributed by atoms with Gasteiger partial charge in [0.05, 0.1) is 10.6 Å². The Labute approximate surface area is 163 Å². The zero-order valence-corrected chi connectivity index (χ0v) is 16.4. The van der Waals surface area contributed by atoms with E-state index < -0.39 is 21.4 Å². The number of allylic oxidation sites excluding steroid dienone is 1. The largest absolute Gasteiger partial charge is 0.478 e. The fourth-order valence-electron chi connectivity index (χ4n) is 2.87. The number of carboxylic acids is 1. The molecule has 2 heterocycles. The Morgan fingerprint density at radius 3 is 2.50 bits per heavy atom. The quantitative estimate of drug-likeness (QED) is 0.616. The monoisotopic (exact) mass is 399 g/mol. The molecule has 0 fully saturated rings. The Hall–Kier alpha value is -3.13. The van der Waals surface area contributed by atoms with Crippen molar-refractivity contribution in [2.24, 2.45) is 5.41 Å². The van der Waals surface area contributed by atoms with Gasteiger partial charge in [-0.2, -0.15) is 5.10 Å². The van der Waals surface area contributed by atoms with Crippen molar-refractivity contribution in [1.29, 1.82) is 0 Å². The lowest BCUT2D eigenvalue weighted by Gasteiger charge is -2.18. The van der Waals surface area contributed by atoms with Crippen LogP contribution in [0.3, 0.4) is 0 Å². The molecule has 0 aliphatic rings. The van der Waals surface area contributed by atoms with Crippen LogP contribution in [-0.4, -0.2) is 33.2 Å². The van der Waals surface area contributed by atoms with E-state index in [1.54, 1.807) is 65.7 Å². The summed E-state index contributed by atoms with van der Waals surface area (Å²) in [6.07, 6.45) is 9.72. The number of rotatable bonds is 7. The Balaban J connectivity index is 1.81. The molecule has 7 nitrogen and oxygen atoms in total.